The second-order valence-corrected chi connectivity index (χ2v) is 10.9. The highest BCUT2D eigenvalue weighted by Gasteiger charge is 2.53. The van der Waals surface area contributed by atoms with Crippen LogP contribution in [0.3, 0.4) is 0 Å². The third-order valence-corrected chi connectivity index (χ3v) is 8.26. The van der Waals surface area contributed by atoms with Crippen molar-refractivity contribution in [2.45, 2.75) is 44.7 Å². The number of unbranched alkanes of at least 4 members (excludes halogenated alkanes) is 1. The Hall–Kier alpha value is -4.63. The number of hydrogen-bond donors (Lipinski definition) is 2. The molecular weight excluding hydrogens is 544 g/mol. The first kappa shape index (κ1) is 28.5. The number of benzene rings is 3. The van der Waals surface area contributed by atoms with Crippen molar-refractivity contribution in [3.05, 3.63) is 95.2 Å². The summed E-state index contributed by atoms with van der Waals surface area (Å²) in [5.74, 6) is 0.226. The highest BCUT2D eigenvalue weighted by molar-refractivity contribution is 6.22. The number of hydrogen-bond acceptors (Lipinski definition) is 5. The van der Waals surface area contributed by atoms with Gasteiger partial charge in [-0.1, -0.05) is 43.7 Å². The molecular formula is C34H36N4O5. The van der Waals surface area contributed by atoms with Crippen LogP contribution in [0, 0.1) is 0 Å². The molecule has 0 aliphatic carbocycles. The molecule has 2 aliphatic heterocycles. The molecule has 0 spiro atoms. The first-order valence-corrected chi connectivity index (χ1v) is 14.9. The molecule has 4 amide bonds. The van der Waals surface area contributed by atoms with Crippen LogP contribution in [-0.4, -0.2) is 60.6 Å². The number of amides is 4. The topological polar surface area (TPSA) is 104 Å². The molecule has 0 saturated carbocycles. The van der Waals surface area contributed by atoms with Crippen LogP contribution in [0.15, 0.2) is 72.8 Å². The molecule has 3 heterocycles. The van der Waals surface area contributed by atoms with Gasteiger partial charge in [-0.25, -0.2) is 9.69 Å². The molecule has 1 unspecified atom stereocenters. The summed E-state index contributed by atoms with van der Waals surface area (Å²) >= 11 is 0. The third-order valence-electron chi connectivity index (χ3n) is 8.26. The van der Waals surface area contributed by atoms with Crippen molar-refractivity contribution < 1.29 is 23.9 Å². The van der Waals surface area contributed by atoms with Gasteiger partial charge in [0.25, 0.3) is 11.8 Å². The molecule has 3 aromatic carbocycles. The quantitative estimate of drug-likeness (QED) is 0.178. The van der Waals surface area contributed by atoms with E-state index in [-0.39, 0.29) is 17.8 Å². The Labute approximate surface area is 250 Å². The van der Waals surface area contributed by atoms with Gasteiger partial charge < -0.3 is 19.8 Å². The molecule has 0 radical (unpaired) electrons. The Kier molecular flexibility index (Phi) is 8.16. The van der Waals surface area contributed by atoms with Crippen molar-refractivity contribution in [1.82, 2.24) is 15.2 Å². The number of nitrogens with one attached hydrogen (secondary N) is 2. The number of fused-ring (bicyclic) bond motifs is 4. The van der Waals surface area contributed by atoms with Crippen molar-refractivity contribution >= 4 is 34.4 Å². The van der Waals surface area contributed by atoms with E-state index < -0.39 is 12.1 Å². The molecule has 6 rings (SSSR count). The SMILES string of the molecule is CCCCOCCCNC(=O)c1ccc(N2C(=O)[C@@H]3Cc4c([nH]c5ccccc45)C(c4ccc(OC)cc4)N3C2=O)cc1. The van der Waals surface area contributed by atoms with E-state index in [9.17, 15) is 14.4 Å². The zero-order chi connectivity index (χ0) is 29.9. The minimum absolute atomic E-state index is 0.207. The Morgan fingerprint density at radius 3 is 2.47 bits per heavy atom. The number of imide groups is 1. The third kappa shape index (κ3) is 5.36. The van der Waals surface area contributed by atoms with E-state index in [1.807, 2.05) is 48.5 Å². The van der Waals surface area contributed by atoms with Crippen LogP contribution in [0.25, 0.3) is 10.9 Å². The number of aromatic nitrogens is 1. The molecule has 1 fully saturated rings. The van der Waals surface area contributed by atoms with Gasteiger partial charge in [-0.2, -0.15) is 0 Å². The number of rotatable bonds is 11. The summed E-state index contributed by atoms with van der Waals surface area (Å²) in [4.78, 5) is 47.1. The molecule has 0 bridgehead atoms. The smallest absolute Gasteiger partial charge is 0.332 e. The molecule has 2 atom stereocenters. The van der Waals surface area contributed by atoms with E-state index in [1.54, 1.807) is 36.3 Å². The molecule has 2 aliphatic rings. The minimum atomic E-state index is -0.658. The van der Waals surface area contributed by atoms with E-state index in [2.05, 4.69) is 17.2 Å². The normalized spacial score (nSPS) is 17.7. The second kappa shape index (κ2) is 12.3. The number of nitrogens with zero attached hydrogens (tertiary/aromatic N) is 2. The van der Waals surface area contributed by atoms with Crippen LogP contribution >= 0.6 is 0 Å². The number of anilines is 1. The largest absolute Gasteiger partial charge is 0.497 e. The number of carbonyl (C=O) groups is 3. The minimum Gasteiger partial charge on any atom is -0.497 e. The van der Waals surface area contributed by atoms with Gasteiger partial charge in [0, 0.05) is 48.3 Å². The van der Waals surface area contributed by atoms with E-state index in [0.717, 1.165) is 53.6 Å². The molecule has 4 aromatic rings. The lowest BCUT2D eigenvalue weighted by molar-refractivity contribution is -0.120. The van der Waals surface area contributed by atoms with Crippen molar-refractivity contribution in [2.24, 2.45) is 0 Å². The van der Waals surface area contributed by atoms with Gasteiger partial charge in [0.1, 0.15) is 17.8 Å². The van der Waals surface area contributed by atoms with Gasteiger partial charge in [0.05, 0.1) is 12.8 Å². The number of carbonyl (C=O) groups excluding carboxylic acids is 3. The summed E-state index contributed by atoms with van der Waals surface area (Å²) < 4.78 is 10.9. The lowest BCUT2D eigenvalue weighted by atomic mass is 9.89. The number of ether oxygens (including phenoxy) is 2. The van der Waals surface area contributed by atoms with Gasteiger partial charge in [-0.3, -0.25) is 14.5 Å². The summed E-state index contributed by atoms with van der Waals surface area (Å²) in [5, 5.41) is 3.96. The average molecular weight is 581 g/mol. The summed E-state index contributed by atoms with van der Waals surface area (Å²) in [6.07, 6.45) is 3.27. The molecule has 2 N–H and O–H groups in total. The van der Waals surface area contributed by atoms with Crippen LogP contribution in [-0.2, 0) is 16.0 Å². The molecule has 222 valence electrons. The van der Waals surface area contributed by atoms with Crippen LogP contribution in [0.4, 0.5) is 10.5 Å². The standard InChI is InChI=1S/C34H36N4O5/c1-3-4-19-43-20-7-18-35-32(39)23-10-14-24(15-11-23)37-33(40)29-21-27-26-8-5-6-9-28(26)36-30(27)31(38(29)34(37)41)22-12-16-25(42-2)17-13-22/h5-6,8-17,29,31,36H,3-4,7,18-21H2,1-2H3,(H,35,39)/t29-,31?/m0/s1. The fourth-order valence-electron chi connectivity index (χ4n) is 6.03. The van der Waals surface area contributed by atoms with Crippen LogP contribution < -0.4 is 15.0 Å². The Morgan fingerprint density at radius 1 is 0.977 bits per heavy atom. The van der Waals surface area contributed by atoms with Gasteiger partial charge in [-0.15, -0.1) is 0 Å². The highest BCUT2D eigenvalue weighted by atomic mass is 16.5. The fourth-order valence-corrected chi connectivity index (χ4v) is 6.03. The van der Waals surface area contributed by atoms with Crippen molar-refractivity contribution in [1.29, 1.82) is 0 Å². The molecule has 1 saturated heterocycles. The Balaban J connectivity index is 1.24. The first-order valence-electron chi connectivity index (χ1n) is 14.9. The van der Waals surface area contributed by atoms with E-state index in [1.165, 1.54) is 4.90 Å². The molecule has 1 aromatic heterocycles. The van der Waals surface area contributed by atoms with Gasteiger partial charge >= 0.3 is 6.03 Å². The zero-order valence-corrected chi connectivity index (χ0v) is 24.5. The fraction of sp³-hybridized carbons (Fsp3) is 0.324. The highest BCUT2D eigenvalue weighted by Crippen LogP contribution is 2.45. The van der Waals surface area contributed by atoms with Crippen molar-refractivity contribution in [3.8, 4) is 5.75 Å². The van der Waals surface area contributed by atoms with Gasteiger partial charge in [0.15, 0.2) is 0 Å². The monoisotopic (exact) mass is 580 g/mol. The number of methoxy groups -OCH3 is 1. The summed E-state index contributed by atoms with van der Waals surface area (Å²) in [7, 11) is 1.61. The van der Waals surface area contributed by atoms with Crippen LogP contribution in [0.2, 0.25) is 0 Å². The first-order chi connectivity index (χ1) is 21.0. The lowest BCUT2D eigenvalue weighted by Crippen LogP contribution is -2.44. The Morgan fingerprint density at radius 2 is 1.72 bits per heavy atom. The average Bonchev–Trinajstić information content (AvgIpc) is 3.53. The second-order valence-electron chi connectivity index (χ2n) is 10.9. The Bertz CT molecular complexity index is 1630. The predicted octanol–water partition coefficient (Wildman–Crippen LogP) is 5.60. The maximum absolute atomic E-state index is 14.1. The predicted molar refractivity (Wildman–Crippen MR) is 164 cm³/mol. The summed E-state index contributed by atoms with van der Waals surface area (Å²) in [6.45, 7) is 3.97. The van der Waals surface area contributed by atoms with Gasteiger partial charge in [-0.05, 0) is 66.4 Å². The van der Waals surface area contributed by atoms with Crippen LogP contribution in [0.5, 0.6) is 5.75 Å². The molecule has 9 nitrogen and oxygen atoms in total. The van der Waals surface area contributed by atoms with Gasteiger partial charge in [0.2, 0.25) is 0 Å². The van der Waals surface area contributed by atoms with E-state index >= 15 is 0 Å². The number of para-hydroxylation sites is 1. The van der Waals surface area contributed by atoms with E-state index in [0.29, 0.717) is 36.6 Å². The summed E-state index contributed by atoms with van der Waals surface area (Å²) in [5.41, 5.74) is 4.71. The number of H-pyrrole nitrogens is 1. The van der Waals surface area contributed by atoms with Crippen LogP contribution in [0.1, 0.15) is 59.4 Å². The van der Waals surface area contributed by atoms with Crippen molar-refractivity contribution in [2.75, 3.05) is 31.8 Å². The molecule has 9 heteroatoms. The van der Waals surface area contributed by atoms with Crippen molar-refractivity contribution in [3.63, 3.8) is 0 Å². The molecule has 43 heavy (non-hydrogen) atoms. The maximum Gasteiger partial charge on any atom is 0.332 e. The zero-order valence-electron chi connectivity index (χ0n) is 24.5. The maximum atomic E-state index is 14.1. The lowest BCUT2D eigenvalue weighted by Gasteiger charge is -2.36. The number of aromatic amines is 1. The van der Waals surface area contributed by atoms with E-state index in [4.69, 9.17) is 9.47 Å². The summed E-state index contributed by atoms with van der Waals surface area (Å²) in [6, 6.07) is 20.7. The number of urea groups is 1.